The number of benzene rings is 3. The van der Waals surface area contributed by atoms with Crippen molar-refractivity contribution in [3.63, 3.8) is 0 Å². The standard InChI is InChI=1S/C26H19N3O/c27-16-18-4-3-7-20(12-18)21-8-9-25-23(13-21)24(29-17-28)15-26(30-25)11-10-19-5-1-2-6-22(19)14-26/h1-9,12-13H,10-11,14-15H2. The van der Waals surface area contributed by atoms with E-state index < -0.39 is 0 Å². The molecule has 0 aromatic heterocycles. The quantitative estimate of drug-likeness (QED) is 0.537. The summed E-state index contributed by atoms with van der Waals surface area (Å²) < 4.78 is 6.59. The Hall–Kier alpha value is -3.89. The Balaban J connectivity index is 1.55. The van der Waals surface area contributed by atoms with Crippen LogP contribution in [0.4, 0.5) is 0 Å². The number of aliphatic imine (C=N–C) groups is 1. The van der Waals surface area contributed by atoms with Crippen LogP contribution in [0.3, 0.4) is 0 Å². The van der Waals surface area contributed by atoms with Gasteiger partial charge in [0.25, 0.3) is 0 Å². The minimum absolute atomic E-state index is 0.362. The van der Waals surface area contributed by atoms with Gasteiger partial charge in [-0.15, -0.1) is 0 Å². The SMILES string of the molecule is N#CN=C1CC2(CCc3ccccc3C2)Oc2ccc(-c3cccc(C#N)c3)cc21. The van der Waals surface area contributed by atoms with Crippen molar-refractivity contribution >= 4 is 5.71 Å². The molecule has 0 fully saturated rings. The van der Waals surface area contributed by atoms with Gasteiger partial charge in [0.1, 0.15) is 11.4 Å². The zero-order valence-corrected chi connectivity index (χ0v) is 16.4. The van der Waals surface area contributed by atoms with Crippen molar-refractivity contribution in [2.75, 3.05) is 0 Å². The Labute approximate surface area is 175 Å². The first-order valence-corrected chi connectivity index (χ1v) is 10.1. The van der Waals surface area contributed by atoms with E-state index in [1.54, 1.807) is 6.07 Å². The summed E-state index contributed by atoms with van der Waals surface area (Å²) in [5.41, 5.74) is 6.52. The Morgan fingerprint density at radius 2 is 1.70 bits per heavy atom. The predicted octanol–water partition coefficient (Wildman–Crippen LogP) is 5.21. The van der Waals surface area contributed by atoms with Crippen LogP contribution in [-0.4, -0.2) is 11.3 Å². The zero-order chi connectivity index (χ0) is 20.6. The normalized spacial score (nSPS) is 20.5. The van der Waals surface area contributed by atoms with Crippen LogP contribution in [0.5, 0.6) is 5.75 Å². The average Bonchev–Trinajstić information content (AvgIpc) is 2.79. The van der Waals surface area contributed by atoms with Crippen molar-refractivity contribution in [2.45, 2.75) is 31.3 Å². The van der Waals surface area contributed by atoms with Gasteiger partial charge in [0.2, 0.25) is 6.19 Å². The summed E-state index contributed by atoms with van der Waals surface area (Å²) in [5.74, 6) is 0.773. The highest BCUT2D eigenvalue weighted by molar-refractivity contribution is 6.06. The zero-order valence-electron chi connectivity index (χ0n) is 16.4. The summed E-state index contributed by atoms with van der Waals surface area (Å²) >= 11 is 0. The number of hydrogen-bond acceptors (Lipinski definition) is 4. The molecule has 0 N–H and O–H groups in total. The monoisotopic (exact) mass is 389 g/mol. The summed E-state index contributed by atoms with van der Waals surface area (Å²) in [5, 5.41) is 18.5. The van der Waals surface area contributed by atoms with Crippen LogP contribution in [0, 0.1) is 22.8 Å². The van der Waals surface area contributed by atoms with Crippen LogP contribution in [-0.2, 0) is 12.8 Å². The summed E-state index contributed by atoms with van der Waals surface area (Å²) in [6.45, 7) is 0. The largest absolute Gasteiger partial charge is 0.486 e. The fourth-order valence-corrected chi connectivity index (χ4v) is 4.63. The molecule has 1 aliphatic carbocycles. The molecular weight excluding hydrogens is 370 g/mol. The van der Waals surface area contributed by atoms with Gasteiger partial charge in [-0.05, 0) is 59.4 Å². The molecule has 0 radical (unpaired) electrons. The van der Waals surface area contributed by atoms with E-state index in [4.69, 9.17) is 4.74 Å². The molecule has 0 saturated heterocycles. The lowest BCUT2D eigenvalue weighted by molar-refractivity contribution is 0.0558. The highest BCUT2D eigenvalue weighted by Gasteiger charge is 2.42. The molecule has 1 atom stereocenters. The number of hydrogen-bond donors (Lipinski definition) is 0. The molecule has 30 heavy (non-hydrogen) atoms. The molecule has 144 valence electrons. The Morgan fingerprint density at radius 3 is 2.53 bits per heavy atom. The molecule has 1 heterocycles. The van der Waals surface area contributed by atoms with E-state index in [9.17, 15) is 10.5 Å². The van der Waals surface area contributed by atoms with E-state index in [-0.39, 0.29) is 5.60 Å². The summed E-state index contributed by atoms with van der Waals surface area (Å²) in [6.07, 6.45) is 5.28. The highest BCUT2D eigenvalue weighted by atomic mass is 16.5. The number of fused-ring (bicyclic) bond motifs is 2. The van der Waals surface area contributed by atoms with Crippen LogP contribution in [0.1, 0.15) is 35.1 Å². The third-order valence-electron chi connectivity index (χ3n) is 6.10. The molecular formula is C26H19N3O. The molecule has 4 nitrogen and oxygen atoms in total. The lowest BCUT2D eigenvalue weighted by Crippen LogP contribution is -2.46. The molecule has 3 aromatic rings. The van der Waals surface area contributed by atoms with Crippen molar-refractivity contribution in [2.24, 2.45) is 4.99 Å². The van der Waals surface area contributed by atoms with Crippen LogP contribution >= 0.6 is 0 Å². The maximum Gasteiger partial charge on any atom is 0.205 e. The smallest absolute Gasteiger partial charge is 0.205 e. The molecule has 0 amide bonds. The Morgan fingerprint density at radius 1 is 0.867 bits per heavy atom. The van der Waals surface area contributed by atoms with Crippen molar-refractivity contribution in [3.05, 3.63) is 89.0 Å². The minimum atomic E-state index is -0.362. The molecule has 0 saturated carbocycles. The predicted molar refractivity (Wildman–Crippen MR) is 115 cm³/mol. The van der Waals surface area contributed by atoms with Crippen molar-refractivity contribution < 1.29 is 4.74 Å². The van der Waals surface area contributed by atoms with Crippen LogP contribution < -0.4 is 4.74 Å². The first-order chi connectivity index (χ1) is 14.7. The van der Waals surface area contributed by atoms with Gasteiger partial charge in [-0.25, -0.2) is 0 Å². The molecule has 1 aliphatic heterocycles. The van der Waals surface area contributed by atoms with Gasteiger partial charge in [-0.3, -0.25) is 0 Å². The van der Waals surface area contributed by atoms with Gasteiger partial charge in [-0.1, -0.05) is 42.5 Å². The van der Waals surface area contributed by atoms with Gasteiger partial charge in [0.15, 0.2) is 0 Å². The van der Waals surface area contributed by atoms with Crippen molar-refractivity contribution in [1.29, 1.82) is 10.5 Å². The second-order valence-corrected chi connectivity index (χ2v) is 7.97. The lowest BCUT2D eigenvalue weighted by atomic mass is 9.75. The van der Waals surface area contributed by atoms with Gasteiger partial charge in [-0.2, -0.15) is 15.5 Å². The summed E-state index contributed by atoms with van der Waals surface area (Å²) in [6, 6.07) is 24.2. The fourth-order valence-electron chi connectivity index (χ4n) is 4.63. The third-order valence-corrected chi connectivity index (χ3v) is 6.10. The van der Waals surface area contributed by atoms with E-state index in [1.807, 2.05) is 42.6 Å². The van der Waals surface area contributed by atoms with Crippen LogP contribution in [0.25, 0.3) is 11.1 Å². The number of ether oxygens (including phenoxy) is 1. The second kappa shape index (κ2) is 7.17. The number of nitriles is 2. The second-order valence-electron chi connectivity index (χ2n) is 7.97. The lowest BCUT2D eigenvalue weighted by Gasteiger charge is -2.42. The van der Waals surface area contributed by atoms with E-state index in [0.717, 1.165) is 47.4 Å². The molecule has 2 aliphatic rings. The molecule has 1 unspecified atom stereocenters. The van der Waals surface area contributed by atoms with Gasteiger partial charge >= 0.3 is 0 Å². The molecule has 3 aromatic carbocycles. The van der Waals surface area contributed by atoms with Gasteiger partial charge in [0, 0.05) is 18.4 Å². The van der Waals surface area contributed by atoms with E-state index >= 15 is 0 Å². The first-order valence-electron chi connectivity index (χ1n) is 10.1. The summed E-state index contributed by atoms with van der Waals surface area (Å²) in [7, 11) is 0. The Kier molecular flexibility index (Phi) is 4.34. The molecule has 5 rings (SSSR count). The van der Waals surface area contributed by atoms with Crippen molar-refractivity contribution in [3.8, 4) is 29.1 Å². The topological polar surface area (TPSA) is 69.2 Å². The van der Waals surface area contributed by atoms with Crippen molar-refractivity contribution in [1.82, 2.24) is 0 Å². The van der Waals surface area contributed by atoms with E-state index in [1.165, 1.54) is 11.1 Å². The average molecular weight is 389 g/mol. The summed E-state index contributed by atoms with van der Waals surface area (Å²) in [4.78, 5) is 4.19. The van der Waals surface area contributed by atoms with Gasteiger partial charge in [0.05, 0.1) is 17.3 Å². The third kappa shape index (κ3) is 3.13. The number of rotatable bonds is 1. The van der Waals surface area contributed by atoms with Crippen LogP contribution in [0.15, 0.2) is 71.7 Å². The maximum absolute atomic E-state index is 9.33. The first kappa shape index (κ1) is 18.2. The van der Waals surface area contributed by atoms with Gasteiger partial charge < -0.3 is 4.74 Å². The molecule has 0 bridgehead atoms. The Bertz CT molecular complexity index is 1260. The highest BCUT2D eigenvalue weighted by Crippen LogP contribution is 2.42. The van der Waals surface area contributed by atoms with E-state index in [0.29, 0.717) is 12.0 Å². The number of aryl methyl sites for hydroxylation is 1. The minimum Gasteiger partial charge on any atom is -0.486 e. The number of nitrogens with zero attached hydrogens (tertiary/aromatic N) is 3. The molecule has 4 heteroatoms. The maximum atomic E-state index is 9.33. The van der Waals surface area contributed by atoms with Crippen LogP contribution in [0.2, 0.25) is 0 Å². The molecule has 1 spiro atoms. The van der Waals surface area contributed by atoms with E-state index in [2.05, 4.69) is 35.3 Å². The fraction of sp³-hybridized carbons (Fsp3) is 0.192.